The molecule has 0 radical (unpaired) electrons. The maximum Gasteiger partial charge on any atom is 0.0457 e. The minimum absolute atomic E-state index is 0.278. The standard InChI is InChI=1S/C19H29N3O/c1-15(2)12-22-9-8-21(14-17(22)7-10-23)13-16-11-20-19-6-4-3-5-18(16)19/h3-6,11,15,17,20,23H,7-10,12-14H2,1-2H3/t17-/m0/s1. The van der Waals surface area contributed by atoms with Crippen molar-refractivity contribution in [3.8, 4) is 0 Å². The molecule has 126 valence electrons. The fourth-order valence-electron chi connectivity index (χ4n) is 3.74. The van der Waals surface area contributed by atoms with Crippen molar-refractivity contribution in [1.29, 1.82) is 0 Å². The van der Waals surface area contributed by atoms with Crippen LogP contribution in [-0.4, -0.2) is 58.7 Å². The number of piperazine rings is 1. The minimum atomic E-state index is 0.278. The van der Waals surface area contributed by atoms with E-state index in [9.17, 15) is 5.11 Å². The zero-order valence-corrected chi connectivity index (χ0v) is 14.3. The summed E-state index contributed by atoms with van der Waals surface area (Å²) in [7, 11) is 0. The number of H-pyrrole nitrogens is 1. The van der Waals surface area contributed by atoms with Gasteiger partial charge in [-0.15, -0.1) is 0 Å². The van der Waals surface area contributed by atoms with Crippen molar-refractivity contribution in [3.05, 3.63) is 36.0 Å². The molecule has 0 bridgehead atoms. The molecule has 1 atom stereocenters. The zero-order chi connectivity index (χ0) is 16.2. The SMILES string of the molecule is CC(C)CN1CCN(Cc2c[nH]c3ccccc23)C[C@@H]1CCO. The lowest BCUT2D eigenvalue weighted by molar-refractivity contribution is 0.0479. The number of para-hydroxylation sites is 1. The van der Waals surface area contributed by atoms with Crippen LogP contribution in [0.3, 0.4) is 0 Å². The van der Waals surface area contributed by atoms with E-state index in [1.165, 1.54) is 16.5 Å². The second-order valence-electron chi connectivity index (χ2n) is 7.15. The summed E-state index contributed by atoms with van der Waals surface area (Å²) in [5.41, 5.74) is 2.59. The van der Waals surface area contributed by atoms with E-state index in [1.807, 2.05) is 0 Å². The van der Waals surface area contributed by atoms with Gasteiger partial charge in [-0.05, 0) is 24.0 Å². The summed E-state index contributed by atoms with van der Waals surface area (Å²) in [6.45, 7) is 10.2. The number of nitrogens with one attached hydrogen (secondary N) is 1. The fourth-order valence-corrected chi connectivity index (χ4v) is 3.74. The first-order chi connectivity index (χ1) is 11.2. The van der Waals surface area contributed by atoms with E-state index in [1.54, 1.807) is 0 Å². The molecule has 0 spiro atoms. The molecule has 2 aromatic rings. The Hall–Kier alpha value is -1.36. The van der Waals surface area contributed by atoms with E-state index < -0.39 is 0 Å². The summed E-state index contributed by atoms with van der Waals surface area (Å²) in [4.78, 5) is 8.47. The molecule has 1 fully saturated rings. The number of hydrogen-bond acceptors (Lipinski definition) is 3. The van der Waals surface area contributed by atoms with E-state index in [4.69, 9.17) is 0 Å². The molecule has 2 N–H and O–H groups in total. The molecule has 0 aliphatic carbocycles. The van der Waals surface area contributed by atoms with Crippen LogP contribution < -0.4 is 0 Å². The molecular formula is C19H29N3O. The van der Waals surface area contributed by atoms with Gasteiger partial charge in [0.15, 0.2) is 0 Å². The Morgan fingerprint density at radius 2 is 2.09 bits per heavy atom. The molecule has 0 amide bonds. The third-order valence-electron chi connectivity index (χ3n) is 4.82. The molecule has 1 aliphatic heterocycles. The highest BCUT2D eigenvalue weighted by Crippen LogP contribution is 2.22. The number of benzene rings is 1. The molecule has 23 heavy (non-hydrogen) atoms. The monoisotopic (exact) mass is 315 g/mol. The van der Waals surface area contributed by atoms with Gasteiger partial charge in [0.1, 0.15) is 0 Å². The van der Waals surface area contributed by atoms with Crippen molar-refractivity contribution in [2.45, 2.75) is 32.9 Å². The van der Waals surface area contributed by atoms with Gasteiger partial charge >= 0.3 is 0 Å². The zero-order valence-electron chi connectivity index (χ0n) is 14.3. The lowest BCUT2D eigenvalue weighted by atomic mass is 10.1. The van der Waals surface area contributed by atoms with Crippen LogP contribution in [0.2, 0.25) is 0 Å². The molecule has 1 aliphatic rings. The van der Waals surface area contributed by atoms with Gasteiger partial charge in [0.05, 0.1) is 0 Å². The predicted molar refractivity (Wildman–Crippen MR) is 95.5 cm³/mol. The lowest BCUT2D eigenvalue weighted by Gasteiger charge is -2.42. The number of aromatic nitrogens is 1. The summed E-state index contributed by atoms with van der Waals surface area (Å²) < 4.78 is 0. The molecule has 1 aromatic heterocycles. The Balaban J connectivity index is 1.67. The van der Waals surface area contributed by atoms with Crippen LogP contribution in [0.25, 0.3) is 10.9 Å². The molecule has 1 saturated heterocycles. The van der Waals surface area contributed by atoms with Crippen LogP contribution in [0.15, 0.2) is 30.5 Å². The van der Waals surface area contributed by atoms with Crippen LogP contribution in [-0.2, 0) is 6.54 Å². The number of rotatable bonds is 6. The number of aromatic amines is 1. The molecule has 4 heteroatoms. The van der Waals surface area contributed by atoms with Crippen molar-refractivity contribution in [3.63, 3.8) is 0 Å². The Bertz CT molecular complexity index is 622. The van der Waals surface area contributed by atoms with Gasteiger partial charge in [0, 0.05) is 62.5 Å². The van der Waals surface area contributed by atoms with Gasteiger partial charge in [-0.25, -0.2) is 0 Å². The van der Waals surface area contributed by atoms with E-state index in [2.05, 4.69) is 59.1 Å². The topological polar surface area (TPSA) is 42.5 Å². The van der Waals surface area contributed by atoms with Crippen LogP contribution in [0.4, 0.5) is 0 Å². The third kappa shape index (κ3) is 3.94. The number of nitrogens with zero attached hydrogens (tertiary/aromatic N) is 2. The van der Waals surface area contributed by atoms with Gasteiger partial charge in [0.2, 0.25) is 0 Å². The Morgan fingerprint density at radius 1 is 1.26 bits per heavy atom. The quantitative estimate of drug-likeness (QED) is 0.861. The molecular weight excluding hydrogens is 286 g/mol. The van der Waals surface area contributed by atoms with Gasteiger partial charge in [-0.2, -0.15) is 0 Å². The van der Waals surface area contributed by atoms with Crippen molar-refractivity contribution in [1.82, 2.24) is 14.8 Å². The maximum absolute atomic E-state index is 9.40. The molecule has 0 unspecified atom stereocenters. The number of aliphatic hydroxyl groups is 1. The van der Waals surface area contributed by atoms with Gasteiger partial charge in [-0.1, -0.05) is 32.0 Å². The molecule has 4 nitrogen and oxygen atoms in total. The van der Waals surface area contributed by atoms with Gasteiger partial charge in [-0.3, -0.25) is 9.80 Å². The van der Waals surface area contributed by atoms with Crippen LogP contribution in [0.5, 0.6) is 0 Å². The average molecular weight is 315 g/mol. The van der Waals surface area contributed by atoms with Crippen molar-refractivity contribution in [2.75, 3.05) is 32.8 Å². The molecule has 1 aromatic carbocycles. The van der Waals surface area contributed by atoms with E-state index in [0.717, 1.165) is 39.1 Å². The summed E-state index contributed by atoms with van der Waals surface area (Å²) in [5, 5.41) is 10.7. The van der Waals surface area contributed by atoms with Gasteiger partial charge in [0.25, 0.3) is 0 Å². The third-order valence-corrected chi connectivity index (χ3v) is 4.82. The van der Waals surface area contributed by atoms with Crippen molar-refractivity contribution >= 4 is 10.9 Å². The number of fused-ring (bicyclic) bond motifs is 1. The summed E-state index contributed by atoms with van der Waals surface area (Å²) in [6.07, 6.45) is 3.02. The van der Waals surface area contributed by atoms with E-state index >= 15 is 0 Å². The predicted octanol–water partition coefficient (Wildman–Crippen LogP) is 2.69. The second-order valence-corrected chi connectivity index (χ2v) is 7.15. The second kappa shape index (κ2) is 7.47. The largest absolute Gasteiger partial charge is 0.396 e. The average Bonchev–Trinajstić information content (AvgIpc) is 2.93. The van der Waals surface area contributed by atoms with Crippen molar-refractivity contribution in [2.24, 2.45) is 5.92 Å². The first-order valence-electron chi connectivity index (χ1n) is 8.79. The van der Waals surface area contributed by atoms with Crippen LogP contribution in [0.1, 0.15) is 25.8 Å². The first-order valence-corrected chi connectivity index (χ1v) is 8.79. The highest BCUT2D eigenvalue weighted by Gasteiger charge is 2.27. The number of hydrogen-bond donors (Lipinski definition) is 2. The molecule has 3 rings (SSSR count). The summed E-state index contributed by atoms with van der Waals surface area (Å²) in [5.74, 6) is 0.677. The van der Waals surface area contributed by atoms with Crippen molar-refractivity contribution < 1.29 is 5.11 Å². The lowest BCUT2D eigenvalue weighted by Crippen LogP contribution is -2.53. The Labute approximate surface area is 139 Å². The van der Waals surface area contributed by atoms with E-state index in [-0.39, 0.29) is 6.61 Å². The first kappa shape index (κ1) is 16.5. The fraction of sp³-hybridized carbons (Fsp3) is 0.579. The van der Waals surface area contributed by atoms with Gasteiger partial charge < -0.3 is 10.1 Å². The molecule has 2 heterocycles. The smallest absolute Gasteiger partial charge is 0.0457 e. The van der Waals surface area contributed by atoms with Crippen LogP contribution >= 0.6 is 0 Å². The summed E-state index contributed by atoms with van der Waals surface area (Å²) >= 11 is 0. The highest BCUT2D eigenvalue weighted by atomic mass is 16.3. The summed E-state index contributed by atoms with van der Waals surface area (Å²) in [6, 6.07) is 8.98. The molecule has 0 saturated carbocycles. The van der Waals surface area contributed by atoms with Crippen LogP contribution in [0, 0.1) is 5.92 Å². The normalized spacial score (nSPS) is 20.6. The maximum atomic E-state index is 9.40. The Morgan fingerprint density at radius 3 is 2.87 bits per heavy atom. The number of aliphatic hydroxyl groups excluding tert-OH is 1. The highest BCUT2D eigenvalue weighted by molar-refractivity contribution is 5.82. The van der Waals surface area contributed by atoms with E-state index in [0.29, 0.717) is 12.0 Å². The Kier molecular flexibility index (Phi) is 5.36. The minimum Gasteiger partial charge on any atom is -0.396 e.